The number of carbonyl (C=O) groups excluding carboxylic acids is 1. The van der Waals surface area contributed by atoms with Crippen molar-refractivity contribution in [3.05, 3.63) is 69.6 Å². The van der Waals surface area contributed by atoms with Gasteiger partial charge in [0, 0.05) is 39.6 Å². The molecule has 1 amide bonds. The summed E-state index contributed by atoms with van der Waals surface area (Å²) in [6, 6.07) is 14.4. The van der Waals surface area contributed by atoms with Gasteiger partial charge < -0.3 is 5.32 Å². The summed E-state index contributed by atoms with van der Waals surface area (Å²) in [5, 5.41) is 6.86. The standard InChI is InChI=1S/C20H19ClN2OS/c1-23-11-13-6-7-15(21)8-14(13)9-16(23)10-22-20(24)18-12-25-19-5-3-2-4-17(18)19/h2-8,12,16H,9-11H2,1H3,(H,22,24)/t16-/m1/s1. The third-order valence-electron chi connectivity index (χ3n) is 4.89. The molecular weight excluding hydrogens is 352 g/mol. The topological polar surface area (TPSA) is 32.3 Å². The van der Waals surface area contributed by atoms with Crippen LogP contribution in [0.15, 0.2) is 47.8 Å². The van der Waals surface area contributed by atoms with Gasteiger partial charge in [0.15, 0.2) is 0 Å². The van der Waals surface area contributed by atoms with Crippen LogP contribution in [0.1, 0.15) is 21.5 Å². The first-order valence-electron chi connectivity index (χ1n) is 8.34. The number of thiophene rings is 1. The lowest BCUT2D eigenvalue weighted by atomic mass is 9.94. The second-order valence-electron chi connectivity index (χ2n) is 6.54. The Morgan fingerprint density at radius 2 is 2.12 bits per heavy atom. The Balaban J connectivity index is 1.47. The van der Waals surface area contributed by atoms with Gasteiger partial charge in [0.25, 0.3) is 5.91 Å². The third kappa shape index (κ3) is 3.30. The van der Waals surface area contributed by atoms with Crippen LogP contribution in [0.4, 0.5) is 0 Å². The number of likely N-dealkylation sites (N-methyl/N-ethyl adjacent to an activating group) is 1. The molecule has 5 heteroatoms. The summed E-state index contributed by atoms with van der Waals surface area (Å²) in [4.78, 5) is 14.9. The van der Waals surface area contributed by atoms with Gasteiger partial charge in [-0.2, -0.15) is 0 Å². The quantitative estimate of drug-likeness (QED) is 0.743. The number of halogens is 1. The molecule has 0 radical (unpaired) electrons. The van der Waals surface area contributed by atoms with Gasteiger partial charge in [0.2, 0.25) is 0 Å². The van der Waals surface area contributed by atoms with Gasteiger partial charge in [0.05, 0.1) is 5.56 Å². The maximum absolute atomic E-state index is 12.6. The van der Waals surface area contributed by atoms with Gasteiger partial charge >= 0.3 is 0 Å². The van der Waals surface area contributed by atoms with Gasteiger partial charge in [-0.3, -0.25) is 9.69 Å². The van der Waals surface area contributed by atoms with Gasteiger partial charge in [-0.1, -0.05) is 35.9 Å². The number of amides is 1. The van der Waals surface area contributed by atoms with E-state index in [1.165, 1.54) is 11.1 Å². The third-order valence-corrected chi connectivity index (χ3v) is 6.09. The fraction of sp³-hybridized carbons (Fsp3) is 0.250. The molecule has 2 heterocycles. The van der Waals surface area contributed by atoms with Crippen molar-refractivity contribution in [2.75, 3.05) is 13.6 Å². The van der Waals surface area contributed by atoms with Crippen molar-refractivity contribution in [3.63, 3.8) is 0 Å². The molecular formula is C20H19ClN2OS. The summed E-state index contributed by atoms with van der Waals surface area (Å²) in [5.74, 6) is 0.00254. The number of nitrogens with one attached hydrogen (secondary N) is 1. The van der Waals surface area contributed by atoms with Crippen LogP contribution in [0, 0.1) is 0 Å². The van der Waals surface area contributed by atoms with Gasteiger partial charge in [-0.15, -0.1) is 11.3 Å². The van der Waals surface area contributed by atoms with Crippen molar-refractivity contribution in [3.8, 4) is 0 Å². The molecule has 128 valence electrons. The van der Waals surface area contributed by atoms with E-state index in [0.717, 1.165) is 33.6 Å². The fourth-order valence-corrected chi connectivity index (χ4v) is 4.57. The molecule has 1 aromatic heterocycles. The predicted octanol–water partition coefficient (Wildman–Crippen LogP) is 4.34. The van der Waals surface area contributed by atoms with Crippen LogP contribution in [0.25, 0.3) is 10.1 Å². The first kappa shape index (κ1) is 16.6. The largest absolute Gasteiger partial charge is 0.350 e. The Morgan fingerprint density at radius 1 is 1.28 bits per heavy atom. The summed E-state index contributed by atoms with van der Waals surface area (Å²) in [6.45, 7) is 1.51. The average Bonchev–Trinajstić information content (AvgIpc) is 3.04. The zero-order chi connectivity index (χ0) is 17.4. The van der Waals surface area contributed by atoms with Crippen molar-refractivity contribution in [2.45, 2.75) is 19.0 Å². The lowest BCUT2D eigenvalue weighted by Gasteiger charge is -2.34. The molecule has 0 unspecified atom stereocenters. The van der Waals surface area contributed by atoms with Gasteiger partial charge in [-0.25, -0.2) is 0 Å². The van der Waals surface area contributed by atoms with Crippen molar-refractivity contribution < 1.29 is 4.79 Å². The minimum atomic E-state index is 0.00254. The Bertz CT molecular complexity index is 936. The number of carbonyl (C=O) groups is 1. The van der Waals surface area contributed by atoms with E-state index in [2.05, 4.69) is 23.3 Å². The highest BCUT2D eigenvalue weighted by Gasteiger charge is 2.24. The van der Waals surface area contributed by atoms with Crippen LogP contribution >= 0.6 is 22.9 Å². The number of fused-ring (bicyclic) bond motifs is 2. The van der Waals surface area contributed by atoms with E-state index >= 15 is 0 Å². The summed E-state index contributed by atoms with van der Waals surface area (Å²) in [5.41, 5.74) is 3.37. The zero-order valence-electron chi connectivity index (χ0n) is 14.0. The highest BCUT2D eigenvalue weighted by Crippen LogP contribution is 2.27. The molecule has 4 rings (SSSR count). The Labute approximate surface area is 156 Å². The number of nitrogens with zero attached hydrogens (tertiary/aromatic N) is 1. The highest BCUT2D eigenvalue weighted by molar-refractivity contribution is 7.17. The first-order chi connectivity index (χ1) is 12.1. The van der Waals surface area contributed by atoms with E-state index < -0.39 is 0 Å². The smallest absolute Gasteiger partial charge is 0.252 e. The van der Waals surface area contributed by atoms with Crippen LogP contribution < -0.4 is 5.32 Å². The van der Waals surface area contributed by atoms with Crippen molar-refractivity contribution >= 4 is 38.9 Å². The fourth-order valence-electron chi connectivity index (χ4n) is 3.43. The molecule has 25 heavy (non-hydrogen) atoms. The summed E-state index contributed by atoms with van der Waals surface area (Å²) in [7, 11) is 2.11. The van der Waals surface area contributed by atoms with Crippen molar-refractivity contribution in [1.82, 2.24) is 10.2 Å². The first-order valence-corrected chi connectivity index (χ1v) is 9.59. The number of hydrogen-bond donors (Lipinski definition) is 1. The van der Waals surface area contributed by atoms with Crippen LogP contribution in [0.5, 0.6) is 0 Å². The minimum absolute atomic E-state index is 0.00254. The molecule has 0 fully saturated rings. The van der Waals surface area contributed by atoms with E-state index in [9.17, 15) is 4.79 Å². The summed E-state index contributed by atoms with van der Waals surface area (Å²) >= 11 is 7.74. The molecule has 3 nitrogen and oxygen atoms in total. The molecule has 1 atom stereocenters. The summed E-state index contributed by atoms with van der Waals surface area (Å²) in [6.07, 6.45) is 0.900. The molecule has 2 aromatic carbocycles. The molecule has 0 aliphatic carbocycles. The average molecular weight is 371 g/mol. The molecule has 0 saturated heterocycles. The molecule has 0 saturated carbocycles. The van der Waals surface area contributed by atoms with Crippen molar-refractivity contribution in [1.29, 1.82) is 0 Å². The normalized spacial score (nSPS) is 17.4. The number of rotatable bonds is 3. The predicted molar refractivity (Wildman–Crippen MR) is 105 cm³/mol. The van der Waals surface area contributed by atoms with Crippen LogP contribution in [-0.4, -0.2) is 30.4 Å². The van der Waals surface area contributed by atoms with E-state index in [4.69, 9.17) is 11.6 Å². The Morgan fingerprint density at radius 3 is 3.00 bits per heavy atom. The molecule has 1 aliphatic rings. The Hall–Kier alpha value is -1.88. The molecule has 1 N–H and O–H groups in total. The maximum atomic E-state index is 12.6. The van der Waals surface area contributed by atoms with Crippen LogP contribution in [0.2, 0.25) is 5.02 Å². The van der Waals surface area contributed by atoms with E-state index in [-0.39, 0.29) is 11.9 Å². The number of benzene rings is 2. The van der Waals surface area contributed by atoms with E-state index in [1.54, 1.807) is 11.3 Å². The minimum Gasteiger partial charge on any atom is -0.350 e. The SMILES string of the molecule is CN1Cc2ccc(Cl)cc2C[C@@H]1CNC(=O)c1csc2ccccc12. The van der Waals surface area contributed by atoms with E-state index in [0.29, 0.717) is 6.54 Å². The van der Waals surface area contributed by atoms with Crippen LogP contribution in [0.3, 0.4) is 0 Å². The molecule has 1 aliphatic heterocycles. The van der Waals surface area contributed by atoms with Gasteiger partial charge in [0.1, 0.15) is 0 Å². The van der Waals surface area contributed by atoms with Gasteiger partial charge in [-0.05, 0) is 42.8 Å². The maximum Gasteiger partial charge on any atom is 0.252 e. The molecule has 0 spiro atoms. The second-order valence-corrected chi connectivity index (χ2v) is 7.89. The molecule has 0 bridgehead atoms. The van der Waals surface area contributed by atoms with Crippen molar-refractivity contribution in [2.24, 2.45) is 0 Å². The van der Waals surface area contributed by atoms with E-state index in [1.807, 2.05) is 41.8 Å². The lowest BCUT2D eigenvalue weighted by Crippen LogP contribution is -2.45. The molecule has 3 aromatic rings. The highest BCUT2D eigenvalue weighted by atomic mass is 35.5. The zero-order valence-corrected chi connectivity index (χ0v) is 15.5. The number of hydrogen-bond acceptors (Lipinski definition) is 3. The van der Waals surface area contributed by atoms with Crippen LogP contribution in [-0.2, 0) is 13.0 Å². The summed E-state index contributed by atoms with van der Waals surface area (Å²) < 4.78 is 1.14. The lowest BCUT2D eigenvalue weighted by molar-refractivity contribution is 0.0936. The monoisotopic (exact) mass is 370 g/mol. The Kier molecular flexibility index (Phi) is 4.50. The second kappa shape index (κ2) is 6.79.